The number of aliphatic hydroxyl groups is 1. The third kappa shape index (κ3) is 1.95. The maximum Gasteiger partial charge on any atom is 0.165 e. The van der Waals surface area contributed by atoms with Gasteiger partial charge in [0.05, 0.1) is 18.6 Å². The highest BCUT2D eigenvalue weighted by Crippen LogP contribution is 2.28. The van der Waals surface area contributed by atoms with E-state index in [-0.39, 0.29) is 12.0 Å². The van der Waals surface area contributed by atoms with Crippen LogP contribution in [0.2, 0.25) is 0 Å². The average Bonchev–Trinajstić information content (AvgIpc) is 2.10. The minimum atomic E-state index is -1.14. The van der Waals surface area contributed by atoms with Gasteiger partial charge in [-0.25, -0.2) is 4.39 Å². The summed E-state index contributed by atoms with van der Waals surface area (Å²) >= 11 is 0. The van der Waals surface area contributed by atoms with Crippen LogP contribution in [0, 0.1) is 17.1 Å². The molecule has 2 N–H and O–H groups in total. The van der Waals surface area contributed by atoms with E-state index >= 15 is 0 Å². The Morgan fingerprint density at radius 2 is 2.23 bits per heavy atom. The molecule has 1 aromatic carbocycles. The molecular weight excluding hydrogens is 173 g/mol. The lowest BCUT2D eigenvalue weighted by Crippen LogP contribution is -1.97. The molecule has 13 heavy (non-hydrogen) atoms. The molecule has 0 saturated heterocycles. The van der Waals surface area contributed by atoms with Crippen molar-refractivity contribution in [3.63, 3.8) is 0 Å². The lowest BCUT2D eigenvalue weighted by molar-refractivity contribution is 0.178. The van der Waals surface area contributed by atoms with Gasteiger partial charge in [0.25, 0.3) is 0 Å². The van der Waals surface area contributed by atoms with Crippen molar-refractivity contribution < 1.29 is 14.6 Å². The molecule has 4 heteroatoms. The molecule has 3 nitrogen and oxygen atoms in total. The second-order valence-corrected chi connectivity index (χ2v) is 2.56. The van der Waals surface area contributed by atoms with E-state index < -0.39 is 17.7 Å². The Morgan fingerprint density at radius 1 is 1.54 bits per heavy atom. The standard InChI is InChI=1S/C9H8FNO2/c10-7-3-1-2-6(9(7)13)8(12)4-5-11/h1-3,8,12-13H,4H2. The second kappa shape index (κ2) is 3.87. The topological polar surface area (TPSA) is 64.2 Å². The van der Waals surface area contributed by atoms with Crippen molar-refractivity contribution in [2.75, 3.05) is 0 Å². The van der Waals surface area contributed by atoms with Crippen molar-refractivity contribution in [2.24, 2.45) is 0 Å². The fourth-order valence-corrected chi connectivity index (χ4v) is 0.997. The number of phenols is 1. The van der Waals surface area contributed by atoms with Crippen molar-refractivity contribution in [3.05, 3.63) is 29.6 Å². The lowest BCUT2D eigenvalue weighted by atomic mass is 10.1. The van der Waals surface area contributed by atoms with E-state index in [0.717, 1.165) is 6.07 Å². The Bertz CT molecular complexity index is 346. The first-order chi connectivity index (χ1) is 6.16. The van der Waals surface area contributed by atoms with Crippen molar-refractivity contribution in [1.29, 1.82) is 5.26 Å². The summed E-state index contributed by atoms with van der Waals surface area (Å²) in [5.41, 5.74) is 0.0431. The molecule has 0 amide bonds. The summed E-state index contributed by atoms with van der Waals surface area (Å²) in [7, 11) is 0. The normalized spacial score (nSPS) is 12.1. The zero-order valence-electron chi connectivity index (χ0n) is 6.74. The molecule has 0 aromatic heterocycles. The van der Waals surface area contributed by atoms with Crippen molar-refractivity contribution in [1.82, 2.24) is 0 Å². The van der Waals surface area contributed by atoms with Gasteiger partial charge in [-0.1, -0.05) is 12.1 Å². The van der Waals surface area contributed by atoms with Gasteiger partial charge in [0, 0.05) is 5.56 Å². The Labute approximate surface area is 74.7 Å². The van der Waals surface area contributed by atoms with Gasteiger partial charge in [0.2, 0.25) is 0 Å². The van der Waals surface area contributed by atoms with Crippen LogP contribution < -0.4 is 0 Å². The third-order valence-electron chi connectivity index (χ3n) is 1.66. The molecule has 0 spiro atoms. The zero-order chi connectivity index (χ0) is 9.84. The fraction of sp³-hybridized carbons (Fsp3) is 0.222. The van der Waals surface area contributed by atoms with E-state index in [2.05, 4.69) is 0 Å². The SMILES string of the molecule is N#CCC(O)c1cccc(F)c1O. The molecule has 0 fully saturated rings. The Balaban J connectivity index is 3.02. The van der Waals surface area contributed by atoms with Gasteiger partial charge < -0.3 is 10.2 Å². The fourth-order valence-electron chi connectivity index (χ4n) is 0.997. The van der Waals surface area contributed by atoms with Gasteiger partial charge in [-0.05, 0) is 6.07 Å². The van der Waals surface area contributed by atoms with Crippen LogP contribution in [0.3, 0.4) is 0 Å². The highest BCUT2D eigenvalue weighted by Gasteiger charge is 2.14. The van der Waals surface area contributed by atoms with Crippen LogP contribution in [0.25, 0.3) is 0 Å². The number of hydrogen-bond acceptors (Lipinski definition) is 3. The van der Waals surface area contributed by atoms with Gasteiger partial charge in [-0.15, -0.1) is 0 Å². The van der Waals surface area contributed by atoms with Crippen molar-refractivity contribution in [3.8, 4) is 11.8 Å². The van der Waals surface area contributed by atoms with Gasteiger partial charge in [0.1, 0.15) is 0 Å². The highest BCUT2D eigenvalue weighted by molar-refractivity contribution is 5.35. The third-order valence-corrected chi connectivity index (χ3v) is 1.66. The maximum absolute atomic E-state index is 12.7. The van der Waals surface area contributed by atoms with E-state index in [1.54, 1.807) is 6.07 Å². The number of para-hydroxylation sites is 1. The number of aromatic hydroxyl groups is 1. The summed E-state index contributed by atoms with van der Waals surface area (Å²) in [5.74, 6) is -1.39. The van der Waals surface area contributed by atoms with Gasteiger partial charge in [-0.3, -0.25) is 0 Å². The predicted molar refractivity (Wildman–Crippen MR) is 43.3 cm³/mol. The molecule has 0 heterocycles. The van der Waals surface area contributed by atoms with E-state index in [1.165, 1.54) is 12.1 Å². The predicted octanol–water partition coefficient (Wildman–Crippen LogP) is 1.48. The van der Waals surface area contributed by atoms with Crippen LogP contribution in [-0.4, -0.2) is 10.2 Å². The minimum absolute atomic E-state index is 0.0431. The second-order valence-electron chi connectivity index (χ2n) is 2.56. The van der Waals surface area contributed by atoms with Gasteiger partial charge >= 0.3 is 0 Å². The molecule has 0 saturated carbocycles. The number of phenolic OH excluding ortho intramolecular Hbond substituents is 1. The van der Waals surface area contributed by atoms with Crippen LogP contribution in [-0.2, 0) is 0 Å². The van der Waals surface area contributed by atoms with Gasteiger partial charge in [0.15, 0.2) is 11.6 Å². The van der Waals surface area contributed by atoms with Crippen molar-refractivity contribution in [2.45, 2.75) is 12.5 Å². The van der Waals surface area contributed by atoms with Crippen LogP contribution in [0.1, 0.15) is 18.1 Å². The largest absolute Gasteiger partial charge is 0.505 e. The molecule has 1 rings (SSSR count). The smallest absolute Gasteiger partial charge is 0.165 e. The highest BCUT2D eigenvalue weighted by atomic mass is 19.1. The minimum Gasteiger partial charge on any atom is -0.505 e. The average molecular weight is 181 g/mol. The zero-order valence-corrected chi connectivity index (χ0v) is 6.74. The molecule has 0 aliphatic heterocycles. The molecule has 0 radical (unpaired) electrons. The summed E-state index contributed by atoms with van der Waals surface area (Å²) in [4.78, 5) is 0. The first-order valence-corrected chi connectivity index (χ1v) is 3.69. The van der Waals surface area contributed by atoms with Gasteiger partial charge in [-0.2, -0.15) is 5.26 Å². The number of rotatable bonds is 2. The van der Waals surface area contributed by atoms with Crippen LogP contribution >= 0.6 is 0 Å². The summed E-state index contributed by atoms with van der Waals surface area (Å²) < 4.78 is 12.7. The number of hydrogen-bond donors (Lipinski definition) is 2. The molecule has 0 aliphatic rings. The van der Waals surface area contributed by atoms with E-state index in [0.29, 0.717) is 0 Å². The molecule has 0 aliphatic carbocycles. The summed E-state index contributed by atoms with van der Waals surface area (Å²) in [6, 6.07) is 5.55. The lowest BCUT2D eigenvalue weighted by Gasteiger charge is -2.08. The molecule has 1 aromatic rings. The van der Waals surface area contributed by atoms with E-state index in [9.17, 15) is 9.50 Å². The quantitative estimate of drug-likeness (QED) is 0.726. The Kier molecular flexibility index (Phi) is 2.83. The number of benzene rings is 1. The molecule has 1 unspecified atom stereocenters. The van der Waals surface area contributed by atoms with Crippen molar-refractivity contribution >= 4 is 0 Å². The molecule has 1 atom stereocenters. The number of nitrogens with zero attached hydrogens (tertiary/aromatic N) is 1. The molecule has 68 valence electrons. The first kappa shape index (κ1) is 9.49. The Morgan fingerprint density at radius 3 is 2.85 bits per heavy atom. The first-order valence-electron chi connectivity index (χ1n) is 3.69. The van der Waals surface area contributed by atoms with Crippen LogP contribution in [0.4, 0.5) is 4.39 Å². The monoisotopic (exact) mass is 181 g/mol. The number of aliphatic hydroxyl groups excluding tert-OH is 1. The van der Waals surface area contributed by atoms with E-state index in [4.69, 9.17) is 10.4 Å². The van der Waals surface area contributed by atoms with E-state index in [1.807, 2.05) is 0 Å². The maximum atomic E-state index is 12.7. The van der Waals surface area contributed by atoms with Crippen LogP contribution in [0.15, 0.2) is 18.2 Å². The summed E-state index contributed by atoms with van der Waals surface area (Å²) in [6.45, 7) is 0. The van der Waals surface area contributed by atoms with Crippen LogP contribution in [0.5, 0.6) is 5.75 Å². The number of halogens is 1. The summed E-state index contributed by atoms with van der Waals surface area (Å²) in [5, 5.41) is 26.7. The number of nitriles is 1. The Hall–Kier alpha value is -1.60. The molecular formula is C9H8FNO2. The summed E-state index contributed by atoms with van der Waals surface area (Å²) in [6.07, 6.45) is -1.31. The molecule has 0 bridgehead atoms.